The van der Waals surface area contributed by atoms with Crippen molar-refractivity contribution in [3.8, 4) is 22.2 Å². The Morgan fingerprint density at radius 3 is 2.53 bits per heavy atom. The molecule has 5 atom stereocenters. The number of sulfonamides is 1. The lowest BCUT2D eigenvalue weighted by molar-refractivity contribution is -0.132. The van der Waals surface area contributed by atoms with Gasteiger partial charge in [0.25, 0.3) is 5.91 Å². The molecule has 0 bridgehead atoms. The van der Waals surface area contributed by atoms with E-state index in [-0.39, 0.29) is 61.8 Å². The molecule has 3 aromatic rings. The van der Waals surface area contributed by atoms with Crippen LogP contribution in [0.4, 0.5) is 4.79 Å². The van der Waals surface area contributed by atoms with E-state index in [0.29, 0.717) is 48.5 Å². The maximum absolute atomic E-state index is 14.7. The van der Waals surface area contributed by atoms with E-state index >= 15 is 0 Å². The minimum absolute atomic E-state index is 0.0938. The fraction of sp³-hybridized carbons (Fsp3) is 0.605. The number of amides is 4. The van der Waals surface area contributed by atoms with Crippen LogP contribution in [0.15, 0.2) is 35.7 Å². The van der Waals surface area contributed by atoms with Crippen molar-refractivity contribution >= 4 is 59.9 Å². The van der Waals surface area contributed by atoms with Gasteiger partial charge >= 0.3 is 6.03 Å². The smallest absolute Gasteiger partial charge is 0.317 e. The molecule has 0 spiro atoms. The van der Waals surface area contributed by atoms with E-state index in [9.17, 15) is 31.2 Å². The Morgan fingerprint density at radius 2 is 1.82 bits per heavy atom. The Kier molecular flexibility index (Phi) is 12.6. The Labute approximate surface area is 367 Å². The highest BCUT2D eigenvalue weighted by Crippen LogP contribution is 2.46. The van der Waals surface area contributed by atoms with Crippen LogP contribution in [-0.4, -0.2) is 128 Å². The largest absolute Gasteiger partial charge is 0.496 e. The molecule has 2 saturated carbocycles. The standard InChI is InChI=1S/C43H57N7O9S3/c1-26(2)34-25-60-40(46-34)33-21-37(32-14-15-36(58-4)27(3)38(32)45-33)59-30-20-35-39(51)47-43(41(52)48-62(56,57)31-12-13-31)22-28(43)10-8-6-5-7-9-11-29(23-50(35)24-30)44-42(53)49-16-18-61(54,55)19-17-49/h8,10,14-15,21,25-26,28-31,35H,5-7,9,11-13,16-20,22-24H2,1-4H3,(H,44,53)(H,47,51)(H,48,52). The first-order chi connectivity index (χ1) is 29.6. The summed E-state index contributed by atoms with van der Waals surface area (Å²) in [5.74, 6) is -0.265. The van der Waals surface area contributed by atoms with Crippen molar-refractivity contribution in [1.82, 2.24) is 35.1 Å². The Balaban J connectivity index is 1.11. The molecule has 3 N–H and O–H groups in total. The minimum Gasteiger partial charge on any atom is -0.496 e. The average molecular weight is 912 g/mol. The summed E-state index contributed by atoms with van der Waals surface area (Å²) in [5, 5.41) is 9.12. The molecular weight excluding hydrogens is 855 g/mol. The fourth-order valence-electron chi connectivity index (χ4n) is 8.81. The lowest BCUT2D eigenvalue weighted by Crippen LogP contribution is -2.57. The number of sulfone groups is 1. The van der Waals surface area contributed by atoms with Gasteiger partial charge in [0, 0.05) is 67.0 Å². The number of fused-ring (bicyclic) bond motifs is 3. The van der Waals surface area contributed by atoms with Gasteiger partial charge in [-0.25, -0.2) is 31.6 Å². The van der Waals surface area contributed by atoms with Crippen molar-refractivity contribution in [2.45, 2.75) is 113 Å². The minimum atomic E-state index is -3.88. The lowest BCUT2D eigenvalue weighted by atomic mass is 10.1. The summed E-state index contributed by atoms with van der Waals surface area (Å²) in [6.45, 7) is 6.91. The molecule has 5 aliphatic rings. The molecule has 5 heterocycles. The van der Waals surface area contributed by atoms with Crippen molar-refractivity contribution in [3.63, 3.8) is 0 Å². The number of urea groups is 1. The number of methoxy groups -OCH3 is 1. The first-order valence-corrected chi connectivity index (χ1v) is 26.0. The van der Waals surface area contributed by atoms with Crippen LogP contribution in [0.25, 0.3) is 21.6 Å². The van der Waals surface area contributed by atoms with E-state index < -0.39 is 60.7 Å². The second-order valence-electron chi connectivity index (χ2n) is 17.8. The van der Waals surface area contributed by atoms with Crippen molar-refractivity contribution in [2.75, 3.05) is 44.8 Å². The van der Waals surface area contributed by atoms with Crippen LogP contribution in [0, 0.1) is 12.8 Å². The molecule has 0 radical (unpaired) electrons. The highest BCUT2D eigenvalue weighted by molar-refractivity contribution is 7.91. The van der Waals surface area contributed by atoms with Gasteiger partial charge in [-0.05, 0) is 63.5 Å². The number of allylic oxidation sites excluding steroid dienone is 1. The first-order valence-electron chi connectivity index (χ1n) is 21.7. The third-order valence-corrected chi connectivity index (χ3v) is 17.1. The average Bonchev–Trinajstić information content (AvgIpc) is 4.10. The maximum Gasteiger partial charge on any atom is 0.317 e. The highest BCUT2D eigenvalue weighted by atomic mass is 32.2. The predicted molar refractivity (Wildman–Crippen MR) is 236 cm³/mol. The van der Waals surface area contributed by atoms with Gasteiger partial charge in [-0.15, -0.1) is 11.3 Å². The molecule has 4 amide bonds. The first kappa shape index (κ1) is 44.3. The van der Waals surface area contributed by atoms with Gasteiger partial charge in [0.1, 0.15) is 33.8 Å². The second kappa shape index (κ2) is 17.7. The van der Waals surface area contributed by atoms with E-state index in [1.54, 1.807) is 7.11 Å². The fourth-order valence-corrected chi connectivity index (χ4v) is 12.3. The number of carbonyl (C=O) groups excluding carboxylic acids is 3. The van der Waals surface area contributed by atoms with E-state index in [1.807, 2.05) is 47.6 Å². The van der Waals surface area contributed by atoms with Crippen LogP contribution < -0.4 is 24.8 Å². The normalized spacial score (nSPS) is 27.0. The number of hydrogen-bond acceptors (Lipinski definition) is 13. The van der Waals surface area contributed by atoms with Crippen molar-refractivity contribution < 1.29 is 40.7 Å². The zero-order valence-electron chi connectivity index (χ0n) is 35.7. The molecule has 1 aromatic carbocycles. The quantitative estimate of drug-likeness (QED) is 0.255. The monoisotopic (exact) mass is 911 g/mol. The third kappa shape index (κ3) is 9.60. The molecule has 2 saturated heterocycles. The second-order valence-corrected chi connectivity index (χ2v) is 22.9. The van der Waals surface area contributed by atoms with E-state index in [2.05, 4.69) is 29.2 Å². The number of hydrogen-bond donors (Lipinski definition) is 3. The summed E-state index contributed by atoms with van der Waals surface area (Å²) in [7, 11) is -5.47. The molecule has 5 unspecified atom stereocenters. The lowest BCUT2D eigenvalue weighted by Gasteiger charge is -2.32. The Bertz CT molecular complexity index is 2460. The van der Waals surface area contributed by atoms with Gasteiger partial charge in [-0.2, -0.15) is 0 Å². The van der Waals surface area contributed by atoms with Gasteiger partial charge < -0.3 is 25.0 Å². The van der Waals surface area contributed by atoms with Gasteiger partial charge in [0.15, 0.2) is 9.84 Å². The summed E-state index contributed by atoms with van der Waals surface area (Å²) >= 11 is 1.50. The van der Waals surface area contributed by atoms with Crippen LogP contribution in [-0.2, 0) is 29.4 Å². The number of benzene rings is 1. The van der Waals surface area contributed by atoms with E-state index in [0.717, 1.165) is 47.3 Å². The predicted octanol–water partition coefficient (Wildman–Crippen LogP) is 4.43. The number of nitrogens with zero attached hydrogens (tertiary/aromatic N) is 4. The number of nitrogens with one attached hydrogen (secondary N) is 3. The number of rotatable bonds is 9. The zero-order chi connectivity index (χ0) is 44.0. The molecule has 2 aliphatic carbocycles. The zero-order valence-corrected chi connectivity index (χ0v) is 38.2. The molecule has 3 aliphatic heterocycles. The van der Waals surface area contributed by atoms with Crippen LogP contribution in [0.1, 0.15) is 88.8 Å². The van der Waals surface area contributed by atoms with Crippen LogP contribution in [0.2, 0.25) is 0 Å². The molecule has 4 fully saturated rings. The number of aryl methyl sites for hydroxylation is 1. The van der Waals surface area contributed by atoms with E-state index in [1.165, 1.54) is 16.2 Å². The van der Waals surface area contributed by atoms with E-state index in [4.69, 9.17) is 19.4 Å². The van der Waals surface area contributed by atoms with Gasteiger partial charge in [-0.1, -0.05) is 38.8 Å². The molecule has 336 valence electrons. The maximum atomic E-state index is 14.7. The number of carbonyl (C=O) groups is 3. The van der Waals surface area contributed by atoms with Gasteiger partial charge in [0.2, 0.25) is 15.9 Å². The molecule has 2 aromatic heterocycles. The molecule has 19 heteroatoms. The van der Waals surface area contributed by atoms with Crippen LogP contribution in [0.5, 0.6) is 11.5 Å². The summed E-state index contributed by atoms with van der Waals surface area (Å²) in [6, 6.07) is 4.12. The summed E-state index contributed by atoms with van der Waals surface area (Å²) < 4.78 is 65.2. The molecule has 16 nitrogen and oxygen atoms in total. The van der Waals surface area contributed by atoms with Crippen molar-refractivity contribution in [3.05, 3.63) is 47.0 Å². The number of ether oxygens (including phenoxy) is 2. The number of aromatic nitrogens is 2. The van der Waals surface area contributed by atoms with Crippen LogP contribution >= 0.6 is 11.3 Å². The Hall–Kier alpha value is -4.33. The topological polar surface area (TPSA) is 206 Å². The van der Waals surface area contributed by atoms with Crippen molar-refractivity contribution in [2.24, 2.45) is 5.92 Å². The molecule has 8 rings (SSSR count). The van der Waals surface area contributed by atoms with Gasteiger partial charge in [-0.3, -0.25) is 19.2 Å². The number of pyridine rings is 1. The van der Waals surface area contributed by atoms with Crippen molar-refractivity contribution in [1.29, 1.82) is 0 Å². The van der Waals surface area contributed by atoms with Crippen LogP contribution in [0.3, 0.4) is 0 Å². The molecule has 62 heavy (non-hydrogen) atoms. The number of thiazole rings is 1. The third-order valence-electron chi connectivity index (χ3n) is 12.8. The SMILES string of the molecule is COc1ccc2c(OC3CC4C(=O)NC5(C(=O)NS(=O)(=O)C6CC6)CC5C=CCCCCCC(NC(=O)N5CCS(=O)(=O)CC5)CN4C3)cc(-c3nc(C(C)C)cs3)nc2c1C. The summed E-state index contributed by atoms with van der Waals surface area (Å²) in [5.41, 5.74) is 1.69. The highest BCUT2D eigenvalue weighted by Gasteiger charge is 2.62. The summed E-state index contributed by atoms with van der Waals surface area (Å²) in [6.07, 6.45) is 8.78. The van der Waals surface area contributed by atoms with Gasteiger partial charge in [0.05, 0.1) is 41.1 Å². The summed E-state index contributed by atoms with van der Waals surface area (Å²) in [4.78, 5) is 55.7. The molecular formula is C43H57N7O9S3. The Morgan fingerprint density at radius 1 is 1.05 bits per heavy atom.